The van der Waals surface area contributed by atoms with Crippen LogP contribution in [0.1, 0.15) is 15.9 Å². The number of guanidine groups is 1. The summed E-state index contributed by atoms with van der Waals surface area (Å²) >= 11 is 6.12. The summed E-state index contributed by atoms with van der Waals surface area (Å²) in [6, 6.07) is 16.8. The first kappa shape index (κ1) is 21.2. The van der Waals surface area contributed by atoms with Crippen LogP contribution >= 0.6 is 35.6 Å². The topological polar surface area (TPSA) is 65.5 Å². The van der Waals surface area contributed by atoms with Gasteiger partial charge in [0.25, 0.3) is 5.91 Å². The number of halogens is 2. The van der Waals surface area contributed by atoms with E-state index in [4.69, 9.17) is 11.6 Å². The quantitative estimate of drug-likeness (QED) is 0.262. The summed E-state index contributed by atoms with van der Waals surface area (Å²) in [5, 5.41) is 9.91. The van der Waals surface area contributed by atoms with Crippen LogP contribution in [-0.4, -0.2) is 32.0 Å². The van der Waals surface area contributed by atoms with Crippen LogP contribution in [0.2, 0.25) is 5.02 Å². The molecule has 0 atom stereocenters. The number of amides is 1. The molecule has 0 radical (unpaired) electrons. The van der Waals surface area contributed by atoms with E-state index < -0.39 is 0 Å². The minimum Gasteiger partial charge on any atom is -0.355 e. The summed E-state index contributed by atoms with van der Waals surface area (Å²) in [7, 11) is 1.70. The Morgan fingerprint density at radius 2 is 1.60 bits per heavy atom. The molecule has 0 heterocycles. The second-order valence-electron chi connectivity index (χ2n) is 5.07. The second-order valence-corrected chi connectivity index (χ2v) is 5.47. The molecule has 1 amide bonds. The van der Waals surface area contributed by atoms with E-state index in [0.29, 0.717) is 31.2 Å². The molecule has 0 unspecified atom stereocenters. The van der Waals surface area contributed by atoms with E-state index in [2.05, 4.69) is 20.9 Å². The van der Waals surface area contributed by atoms with Crippen LogP contribution in [0.4, 0.5) is 0 Å². The van der Waals surface area contributed by atoms with Crippen molar-refractivity contribution in [3.05, 3.63) is 70.7 Å². The number of carbonyl (C=O) groups is 1. The van der Waals surface area contributed by atoms with Crippen LogP contribution in [0, 0.1) is 0 Å². The number of aliphatic imine (C=N–C) groups is 1. The molecular formula is C18H22ClIN4O. The molecule has 0 aliphatic rings. The van der Waals surface area contributed by atoms with Gasteiger partial charge in [-0.25, -0.2) is 0 Å². The van der Waals surface area contributed by atoms with Gasteiger partial charge in [0.1, 0.15) is 0 Å². The third-order valence-corrected chi connectivity index (χ3v) is 3.74. The zero-order valence-corrected chi connectivity index (χ0v) is 17.0. The van der Waals surface area contributed by atoms with Gasteiger partial charge in [-0.15, -0.1) is 24.0 Å². The molecule has 0 saturated heterocycles. The van der Waals surface area contributed by atoms with Gasteiger partial charge in [0.2, 0.25) is 0 Å². The van der Waals surface area contributed by atoms with Crippen LogP contribution in [0.3, 0.4) is 0 Å². The lowest BCUT2D eigenvalue weighted by Crippen LogP contribution is -2.41. The van der Waals surface area contributed by atoms with Gasteiger partial charge >= 0.3 is 0 Å². The molecule has 0 bridgehead atoms. The van der Waals surface area contributed by atoms with E-state index >= 15 is 0 Å². The fraction of sp³-hybridized carbons (Fsp3) is 0.222. The number of rotatable bonds is 6. The number of nitrogens with zero attached hydrogens (tertiary/aromatic N) is 1. The van der Waals surface area contributed by atoms with Crippen molar-refractivity contribution in [3.63, 3.8) is 0 Å². The lowest BCUT2D eigenvalue weighted by Gasteiger charge is -2.13. The molecular weight excluding hydrogens is 451 g/mol. The van der Waals surface area contributed by atoms with Gasteiger partial charge in [-0.2, -0.15) is 0 Å². The first-order valence-corrected chi connectivity index (χ1v) is 8.09. The molecule has 2 rings (SSSR count). The van der Waals surface area contributed by atoms with Crippen molar-refractivity contribution in [1.82, 2.24) is 16.0 Å². The minimum absolute atomic E-state index is 0. The summed E-state index contributed by atoms with van der Waals surface area (Å²) < 4.78 is 0. The highest BCUT2D eigenvalue weighted by molar-refractivity contribution is 14.0. The Hall–Kier alpha value is -1.80. The maximum absolute atomic E-state index is 11.9. The average molecular weight is 473 g/mol. The monoisotopic (exact) mass is 472 g/mol. The summed E-state index contributed by atoms with van der Waals surface area (Å²) in [6.45, 7) is 1.65. The molecule has 134 valence electrons. The Morgan fingerprint density at radius 3 is 2.28 bits per heavy atom. The van der Waals surface area contributed by atoms with Crippen LogP contribution in [0.25, 0.3) is 0 Å². The summed E-state index contributed by atoms with van der Waals surface area (Å²) in [5.74, 6) is 0.570. The number of hydrogen-bond acceptors (Lipinski definition) is 2. The lowest BCUT2D eigenvalue weighted by molar-refractivity contribution is 0.0954. The van der Waals surface area contributed by atoms with E-state index in [9.17, 15) is 4.79 Å². The Morgan fingerprint density at radius 1 is 0.960 bits per heavy atom. The molecule has 2 aromatic rings. The summed E-state index contributed by atoms with van der Waals surface area (Å²) in [4.78, 5) is 16.1. The predicted molar refractivity (Wildman–Crippen MR) is 114 cm³/mol. The number of benzene rings is 2. The van der Waals surface area contributed by atoms with Crippen molar-refractivity contribution >= 4 is 47.4 Å². The van der Waals surface area contributed by atoms with Crippen molar-refractivity contribution in [3.8, 4) is 0 Å². The van der Waals surface area contributed by atoms with Gasteiger partial charge in [-0.3, -0.25) is 9.79 Å². The molecule has 2 aromatic carbocycles. The minimum atomic E-state index is -0.0867. The van der Waals surface area contributed by atoms with Gasteiger partial charge in [-0.1, -0.05) is 48.0 Å². The summed E-state index contributed by atoms with van der Waals surface area (Å²) in [5.41, 5.74) is 1.65. The lowest BCUT2D eigenvalue weighted by atomic mass is 10.2. The van der Waals surface area contributed by atoms with Gasteiger partial charge in [0, 0.05) is 37.3 Å². The zero-order valence-electron chi connectivity index (χ0n) is 14.0. The van der Waals surface area contributed by atoms with E-state index in [1.165, 1.54) is 0 Å². The van der Waals surface area contributed by atoms with Crippen LogP contribution in [0.5, 0.6) is 0 Å². The molecule has 0 aliphatic carbocycles. The van der Waals surface area contributed by atoms with E-state index in [-0.39, 0.29) is 29.9 Å². The maximum atomic E-state index is 11.9. The maximum Gasteiger partial charge on any atom is 0.251 e. The van der Waals surface area contributed by atoms with Crippen LogP contribution in [-0.2, 0) is 6.54 Å². The molecule has 0 aliphatic heterocycles. The highest BCUT2D eigenvalue weighted by Crippen LogP contribution is 2.14. The normalized spacial score (nSPS) is 10.6. The van der Waals surface area contributed by atoms with Gasteiger partial charge < -0.3 is 16.0 Å². The fourth-order valence-corrected chi connectivity index (χ4v) is 2.29. The van der Waals surface area contributed by atoms with E-state index in [1.807, 2.05) is 42.5 Å². The van der Waals surface area contributed by atoms with Crippen molar-refractivity contribution in [2.45, 2.75) is 6.54 Å². The molecule has 3 N–H and O–H groups in total. The van der Waals surface area contributed by atoms with Crippen molar-refractivity contribution < 1.29 is 4.79 Å². The molecule has 7 heteroatoms. The molecule has 5 nitrogen and oxygen atoms in total. The third kappa shape index (κ3) is 7.31. The second kappa shape index (κ2) is 11.7. The molecule has 0 saturated carbocycles. The SMILES string of the molecule is CN=C(NCCNC(=O)c1ccccc1)NCc1ccccc1Cl.I. The van der Waals surface area contributed by atoms with E-state index in [1.54, 1.807) is 19.2 Å². The standard InChI is InChI=1S/C18H21ClN4O.HI/c1-20-18(23-13-15-9-5-6-10-16(15)19)22-12-11-21-17(24)14-7-3-2-4-8-14;/h2-10H,11-13H2,1H3,(H,21,24)(H2,20,22,23);1H. The number of carbonyl (C=O) groups excluding carboxylic acids is 1. The number of hydrogen-bond donors (Lipinski definition) is 3. The number of nitrogens with one attached hydrogen (secondary N) is 3. The Bertz CT molecular complexity index is 694. The molecule has 25 heavy (non-hydrogen) atoms. The highest BCUT2D eigenvalue weighted by Gasteiger charge is 2.04. The molecule has 0 aromatic heterocycles. The molecule has 0 spiro atoms. The third-order valence-electron chi connectivity index (χ3n) is 3.37. The Labute approximate surface area is 170 Å². The molecule has 0 fully saturated rings. The van der Waals surface area contributed by atoms with Gasteiger partial charge in [0.15, 0.2) is 5.96 Å². The highest BCUT2D eigenvalue weighted by atomic mass is 127. The first-order chi connectivity index (χ1) is 11.7. The van der Waals surface area contributed by atoms with E-state index in [0.717, 1.165) is 10.6 Å². The predicted octanol–water partition coefficient (Wildman–Crippen LogP) is 3.05. The largest absolute Gasteiger partial charge is 0.355 e. The fourth-order valence-electron chi connectivity index (χ4n) is 2.09. The van der Waals surface area contributed by atoms with Gasteiger partial charge in [-0.05, 0) is 23.8 Å². The first-order valence-electron chi connectivity index (χ1n) is 7.72. The van der Waals surface area contributed by atoms with Crippen molar-refractivity contribution in [2.24, 2.45) is 4.99 Å². The Balaban J connectivity index is 0.00000312. The summed E-state index contributed by atoms with van der Waals surface area (Å²) in [6.07, 6.45) is 0. The Kier molecular flexibility index (Phi) is 9.94. The van der Waals surface area contributed by atoms with Gasteiger partial charge in [0.05, 0.1) is 0 Å². The smallest absolute Gasteiger partial charge is 0.251 e. The van der Waals surface area contributed by atoms with Crippen molar-refractivity contribution in [1.29, 1.82) is 0 Å². The van der Waals surface area contributed by atoms with Crippen LogP contribution in [0.15, 0.2) is 59.6 Å². The van der Waals surface area contributed by atoms with Crippen molar-refractivity contribution in [2.75, 3.05) is 20.1 Å². The average Bonchev–Trinajstić information content (AvgIpc) is 2.63. The zero-order chi connectivity index (χ0) is 17.2. The van der Waals surface area contributed by atoms with Crippen LogP contribution < -0.4 is 16.0 Å².